The minimum Gasteiger partial charge on any atom is -0.445 e. The fraction of sp³-hybridized carbons (Fsp3) is 0.556. The van der Waals surface area contributed by atoms with Crippen molar-refractivity contribution in [2.75, 3.05) is 13.1 Å². The quantitative estimate of drug-likeness (QED) is 0.834. The molecule has 1 aliphatic rings. The highest BCUT2D eigenvalue weighted by Crippen LogP contribution is 2.23. The van der Waals surface area contributed by atoms with Gasteiger partial charge in [0.05, 0.1) is 6.54 Å². The van der Waals surface area contributed by atoms with Gasteiger partial charge >= 0.3 is 6.09 Å². The van der Waals surface area contributed by atoms with Crippen molar-refractivity contribution in [2.24, 2.45) is 5.73 Å². The Hall–Kier alpha value is -2.08. The second-order valence-corrected chi connectivity index (χ2v) is 6.10. The predicted octanol–water partition coefficient (Wildman–Crippen LogP) is 2.03. The molecule has 0 heterocycles. The van der Waals surface area contributed by atoms with E-state index < -0.39 is 0 Å². The number of nitrogens with one attached hydrogen (secondary N) is 1. The maximum absolute atomic E-state index is 11.9. The molecule has 3 N–H and O–H groups in total. The van der Waals surface area contributed by atoms with Gasteiger partial charge in [-0.1, -0.05) is 30.3 Å². The Labute approximate surface area is 143 Å². The highest BCUT2D eigenvalue weighted by Gasteiger charge is 2.28. The Bertz CT molecular complexity index is 528. The largest absolute Gasteiger partial charge is 0.445 e. The number of carbonyl (C=O) groups is 2. The molecule has 0 radical (unpaired) electrons. The zero-order valence-electron chi connectivity index (χ0n) is 14.2. The van der Waals surface area contributed by atoms with Crippen molar-refractivity contribution in [2.45, 2.75) is 51.3 Å². The highest BCUT2D eigenvalue weighted by atomic mass is 16.5. The van der Waals surface area contributed by atoms with E-state index in [1.54, 1.807) is 0 Å². The zero-order chi connectivity index (χ0) is 17.4. The van der Waals surface area contributed by atoms with Crippen LogP contribution in [0.2, 0.25) is 0 Å². The molecule has 1 aromatic rings. The molecule has 24 heavy (non-hydrogen) atoms. The van der Waals surface area contributed by atoms with Gasteiger partial charge in [0.25, 0.3) is 0 Å². The molecule has 2 amide bonds. The Morgan fingerprint density at radius 3 is 2.46 bits per heavy atom. The number of likely N-dealkylation sites (N-methyl/N-ethyl adjacent to an activating group) is 1. The van der Waals surface area contributed by atoms with Gasteiger partial charge in [-0.3, -0.25) is 4.79 Å². The van der Waals surface area contributed by atoms with E-state index in [-0.39, 0.29) is 37.2 Å². The van der Waals surface area contributed by atoms with E-state index in [4.69, 9.17) is 10.5 Å². The Morgan fingerprint density at radius 2 is 1.88 bits per heavy atom. The standard InChI is InChI=1S/C18H27N3O3/c1-2-21(17(22)12-19)16-10-8-15(9-11-16)20-18(23)24-13-14-6-4-3-5-7-14/h3-7,15-16H,2,8-13,19H2,1H3,(H,20,23). The summed E-state index contributed by atoms with van der Waals surface area (Å²) >= 11 is 0. The van der Waals surface area contributed by atoms with Crippen molar-refractivity contribution in [3.05, 3.63) is 35.9 Å². The molecular formula is C18H27N3O3. The average molecular weight is 333 g/mol. The number of alkyl carbamates (subject to hydrolysis) is 1. The van der Waals surface area contributed by atoms with Crippen LogP contribution >= 0.6 is 0 Å². The normalized spacial score (nSPS) is 20.2. The van der Waals surface area contributed by atoms with Crippen molar-refractivity contribution in [3.8, 4) is 0 Å². The van der Waals surface area contributed by atoms with Crippen LogP contribution in [-0.2, 0) is 16.1 Å². The van der Waals surface area contributed by atoms with Gasteiger partial charge in [-0.25, -0.2) is 4.79 Å². The Morgan fingerprint density at radius 1 is 1.21 bits per heavy atom. The van der Waals surface area contributed by atoms with Crippen molar-refractivity contribution >= 4 is 12.0 Å². The molecule has 0 aromatic heterocycles. The van der Waals surface area contributed by atoms with Crippen molar-refractivity contribution in [1.82, 2.24) is 10.2 Å². The smallest absolute Gasteiger partial charge is 0.407 e. The van der Waals surface area contributed by atoms with Crippen LogP contribution in [0.25, 0.3) is 0 Å². The van der Waals surface area contributed by atoms with Gasteiger partial charge in [0.2, 0.25) is 5.91 Å². The maximum atomic E-state index is 11.9. The lowest BCUT2D eigenvalue weighted by Gasteiger charge is -2.36. The number of carbonyl (C=O) groups excluding carboxylic acids is 2. The summed E-state index contributed by atoms with van der Waals surface area (Å²) in [4.78, 5) is 25.6. The van der Waals surface area contributed by atoms with Crippen LogP contribution in [0, 0.1) is 0 Å². The fourth-order valence-corrected chi connectivity index (χ4v) is 3.22. The molecule has 1 saturated carbocycles. The molecule has 0 spiro atoms. The van der Waals surface area contributed by atoms with E-state index in [0.717, 1.165) is 31.2 Å². The summed E-state index contributed by atoms with van der Waals surface area (Å²) in [7, 11) is 0. The molecule has 1 fully saturated rings. The summed E-state index contributed by atoms with van der Waals surface area (Å²) in [5, 5.41) is 2.92. The summed E-state index contributed by atoms with van der Waals surface area (Å²) in [6, 6.07) is 9.94. The molecule has 0 aliphatic heterocycles. The minimum atomic E-state index is -0.382. The Kier molecular flexibility index (Phi) is 7.06. The third-order valence-electron chi connectivity index (χ3n) is 4.51. The van der Waals surface area contributed by atoms with Gasteiger partial charge in [-0.15, -0.1) is 0 Å². The first-order valence-electron chi connectivity index (χ1n) is 8.60. The lowest BCUT2D eigenvalue weighted by atomic mass is 9.90. The van der Waals surface area contributed by atoms with Crippen LogP contribution in [0.3, 0.4) is 0 Å². The van der Waals surface area contributed by atoms with Gasteiger partial charge in [0.15, 0.2) is 0 Å². The number of ether oxygens (including phenoxy) is 1. The van der Waals surface area contributed by atoms with Gasteiger partial charge < -0.3 is 20.7 Å². The molecule has 0 bridgehead atoms. The number of nitrogens with two attached hydrogens (primary N) is 1. The average Bonchev–Trinajstić information content (AvgIpc) is 2.62. The topological polar surface area (TPSA) is 84.7 Å². The van der Waals surface area contributed by atoms with E-state index in [0.29, 0.717) is 6.54 Å². The summed E-state index contributed by atoms with van der Waals surface area (Å²) in [5.41, 5.74) is 6.43. The number of rotatable bonds is 6. The van der Waals surface area contributed by atoms with E-state index in [9.17, 15) is 9.59 Å². The first kappa shape index (κ1) is 18.3. The van der Waals surface area contributed by atoms with Gasteiger partial charge in [-0.05, 0) is 38.2 Å². The predicted molar refractivity (Wildman–Crippen MR) is 92.2 cm³/mol. The van der Waals surface area contributed by atoms with Crippen LogP contribution in [0.15, 0.2) is 30.3 Å². The first-order valence-corrected chi connectivity index (χ1v) is 8.60. The first-order chi connectivity index (χ1) is 11.6. The fourth-order valence-electron chi connectivity index (χ4n) is 3.22. The van der Waals surface area contributed by atoms with E-state index >= 15 is 0 Å². The second kappa shape index (κ2) is 9.27. The SMILES string of the molecule is CCN(C(=O)CN)C1CCC(NC(=O)OCc2ccccc2)CC1. The second-order valence-electron chi connectivity index (χ2n) is 6.10. The van der Waals surface area contributed by atoms with Gasteiger partial charge in [0, 0.05) is 18.6 Å². The molecule has 6 heteroatoms. The summed E-state index contributed by atoms with van der Waals surface area (Å²) < 4.78 is 5.25. The van der Waals surface area contributed by atoms with Gasteiger partial charge in [0.1, 0.15) is 6.61 Å². The van der Waals surface area contributed by atoms with Crippen LogP contribution in [0.5, 0.6) is 0 Å². The van der Waals surface area contributed by atoms with Crippen LogP contribution < -0.4 is 11.1 Å². The monoisotopic (exact) mass is 333 g/mol. The number of hydrogen-bond donors (Lipinski definition) is 2. The number of benzene rings is 1. The zero-order valence-corrected chi connectivity index (χ0v) is 14.2. The van der Waals surface area contributed by atoms with E-state index in [1.807, 2.05) is 42.2 Å². The van der Waals surface area contributed by atoms with Crippen molar-refractivity contribution in [3.63, 3.8) is 0 Å². The van der Waals surface area contributed by atoms with E-state index in [1.165, 1.54) is 0 Å². The third kappa shape index (κ3) is 5.23. The molecule has 2 rings (SSSR count). The number of hydrogen-bond acceptors (Lipinski definition) is 4. The Balaban J connectivity index is 1.72. The molecular weight excluding hydrogens is 306 g/mol. The molecule has 0 saturated heterocycles. The highest BCUT2D eigenvalue weighted by molar-refractivity contribution is 5.78. The summed E-state index contributed by atoms with van der Waals surface area (Å²) in [6.45, 7) is 2.98. The molecule has 1 aliphatic carbocycles. The number of nitrogens with zero attached hydrogens (tertiary/aromatic N) is 1. The molecule has 1 aromatic carbocycles. The molecule has 132 valence electrons. The van der Waals surface area contributed by atoms with Crippen LogP contribution in [0.1, 0.15) is 38.2 Å². The summed E-state index contributed by atoms with van der Waals surface area (Å²) in [5.74, 6) is -0.00354. The summed E-state index contributed by atoms with van der Waals surface area (Å²) in [6.07, 6.45) is 3.07. The molecule has 0 unspecified atom stereocenters. The molecule has 6 nitrogen and oxygen atoms in total. The third-order valence-corrected chi connectivity index (χ3v) is 4.51. The lowest BCUT2D eigenvalue weighted by molar-refractivity contribution is -0.132. The van der Waals surface area contributed by atoms with E-state index in [2.05, 4.69) is 5.32 Å². The van der Waals surface area contributed by atoms with Gasteiger partial charge in [-0.2, -0.15) is 0 Å². The molecule has 0 atom stereocenters. The van der Waals surface area contributed by atoms with Crippen molar-refractivity contribution < 1.29 is 14.3 Å². The maximum Gasteiger partial charge on any atom is 0.407 e. The van der Waals surface area contributed by atoms with Crippen molar-refractivity contribution in [1.29, 1.82) is 0 Å². The number of amides is 2. The van der Waals surface area contributed by atoms with Crippen LogP contribution in [0.4, 0.5) is 4.79 Å². The lowest BCUT2D eigenvalue weighted by Crippen LogP contribution is -2.47. The van der Waals surface area contributed by atoms with Crippen LogP contribution in [-0.4, -0.2) is 42.1 Å². The minimum absolute atomic E-state index is 0.00354.